The Balaban J connectivity index is 2.20. The van der Waals surface area contributed by atoms with Crippen LogP contribution in [0.15, 0.2) is 42.5 Å². The highest BCUT2D eigenvalue weighted by Gasteiger charge is 2.12. The van der Waals surface area contributed by atoms with Crippen LogP contribution in [-0.2, 0) is 0 Å². The van der Waals surface area contributed by atoms with E-state index in [0.29, 0.717) is 16.9 Å². The molecule has 0 fully saturated rings. The van der Waals surface area contributed by atoms with Gasteiger partial charge in [-0.25, -0.2) is 0 Å². The zero-order chi connectivity index (χ0) is 15.4. The molecule has 5 nitrogen and oxygen atoms in total. The summed E-state index contributed by atoms with van der Waals surface area (Å²) in [5.41, 5.74) is 13.7. The number of hydrogen-bond acceptors (Lipinski definition) is 4. The first-order valence-electron chi connectivity index (χ1n) is 6.61. The van der Waals surface area contributed by atoms with Crippen LogP contribution < -0.4 is 21.5 Å². The highest BCUT2D eigenvalue weighted by atomic mass is 16.5. The maximum atomic E-state index is 11.3. The van der Waals surface area contributed by atoms with Gasteiger partial charge in [0.2, 0.25) is 0 Å². The van der Waals surface area contributed by atoms with Gasteiger partial charge >= 0.3 is 0 Å². The van der Waals surface area contributed by atoms with E-state index in [1.807, 2.05) is 37.3 Å². The number of benzene rings is 2. The topological polar surface area (TPSA) is 90.4 Å². The number of rotatable bonds is 5. The van der Waals surface area contributed by atoms with E-state index in [4.69, 9.17) is 16.2 Å². The normalized spacial score (nSPS) is 11.7. The Hall–Kier alpha value is -2.69. The van der Waals surface area contributed by atoms with Crippen LogP contribution >= 0.6 is 0 Å². The minimum atomic E-state index is -0.534. The Morgan fingerprint density at radius 3 is 2.43 bits per heavy atom. The molecule has 2 aromatic rings. The second kappa shape index (κ2) is 6.17. The number of primary amides is 1. The molecule has 2 rings (SSSR count). The van der Waals surface area contributed by atoms with Crippen LogP contribution in [0.5, 0.6) is 5.75 Å². The van der Waals surface area contributed by atoms with Crippen molar-refractivity contribution in [3.63, 3.8) is 0 Å². The lowest BCUT2D eigenvalue weighted by atomic mass is 10.1. The van der Waals surface area contributed by atoms with Gasteiger partial charge in [0.1, 0.15) is 5.75 Å². The van der Waals surface area contributed by atoms with E-state index in [0.717, 1.165) is 11.3 Å². The molecule has 0 aromatic heterocycles. The summed E-state index contributed by atoms with van der Waals surface area (Å²) in [6, 6.07) is 13.0. The first kappa shape index (κ1) is 14.7. The SMILES string of the molecule is COc1ccc(C(C)Nc2cccc(C(N)=O)c2N)cc1. The van der Waals surface area contributed by atoms with Crippen LogP contribution in [0, 0.1) is 0 Å². The van der Waals surface area contributed by atoms with E-state index in [1.165, 1.54) is 0 Å². The van der Waals surface area contributed by atoms with Crippen LogP contribution in [-0.4, -0.2) is 13.0 Å². The first-order chi connectivity index (χ1) is 10.0. The molecule has 0 spiro atoms. The van der Waals surface area contributed by atoms with Crippen molar-refractivity contribution in [1.29, 1.82) is 0 Å². The Labute approximate surface area is 123 Å². The first-order valence-corrected chi connectivity index (χ1v) is 6.61. The quantitative estimate of drug-likeness (QED) is 0.736. The van der Waals surface area contributed by atoms with Gasteiger partial charge < -0.3 is 21.5 Å². The van der Waals surface area contributed by atoms with Crippen molar-refractivity contribution >= 4 is 17.3 Å². The Morgan fingerprint density at radius 1 is 1.19 bits per heavy atom. The van der Waals surface area contributed by atoms with Gasteiger partial charge in [0.05, 0.1) is 24.0 Å². The molecule has 110 valence electrons. The van der Waals surface area contributed by atoms with Crippen molar-refractivity contribution in [1.82, 2.24) is 0 Å². The van der Waals surface area contributed by atoms with E-state index in [1.54, 1.807) is 19.2 Å². The summed E-state index contributed by atoms with van der Waals surface area (Å²) in [6.45, 7) is 2.01. The molecule has 0 aliphatic carbocycles. The van der Waals surface area contributed by atoms with Crippen LogP contribution in [0.3, 0.4) is 0 Å². The second-order valence-electron chi connectivity index (χ2n) is 4.77. The molecule has 0 radical (unpaired) electrons. The molecule has 1 unspecified atom stereocenters. The Bertz CT molecular complexity index is 638. The summed E-state index contributed by atoms with van der Waals surface area (Å²) in [4.78, 5) is 11.3. The molecule has 0 aliphatic heterocycles. The number of para-hydroxylation sites is 1. The minimum Gasteiger partial charge on any atom is -0.497 e. The fourth-order valence-electron chi connectivity index (χ4n) is 2.12. The van der Waals surface area contributed by atoms with E-state index in [-0.39, 0.29) is 6.04 Å². The molecule has 2 aromatic carbocycles. The number of amides is 1. The third-order valence-electron chi connectivity index (χ3n) is 3.36. The zero-order valence-electron chi connectivity index (χ0n) is 12.1. The lowest BCUT2D eigenvalue weighted by Crippen LogP contribution is -2.15. The van der Waals surface area contributed by atoms with Crippen molar-refractivity contribution in [3.05, 3.63) is 53.6 Å². The van der Waals surface area contributed by atoms with Gasteiger partial charge in [-0.05, 0) is 36.8 Å². The van der Waals surface area contributed by atoms with Crippen molar-refractivity contribution in [3.8, 4) is 5.75 Å². The largest absolute Gasteiger partial charge is 0.497 e. The zero-order valence-corrected chi connectivity index (χ0v) is 12.1. The molecule has 1 amide bonds. The van der Waals surface area contributed by atoms with Crippen LogP contribution in [0.25, 0.3) is 0 Å². The van der Waals surface area contributed by atoms with Crippen molar-refractivity contribution < 1.29 is 9.53 Å². The van der Waals surface area contributed by atoms with E-state index in [2.05, 4.69) is 5.32 Å². The predicted molar refractivity (Wildman–Crippen MR) is 84.4 cm³/mol. The number of carbonyl (C=O) groups excluding carboxylic acids is 1. The van der Waals surface area contributed by atoms with Gasteiger partial charge in [-0.2, -0.15) is 0 Å². The van der Waals surface area contributed by atoms with Crippen molar-refractivity contribution in [2.75, 3.05) is 18.2 Å². The number of nitrogens with one attached hydrogen (secondary N) is 1. The standard InChI is InChI=1S/C16H19N3O2/c1-10(11-6-8-12(21-2)9-7-11)19-14-5-3-4-13(15(14)17)16(18)20/h3-10,19H,17H2,1-2H3,(H2,18,20). The summed E-state index contributed by atoms with van der Waals surface area (Å²) in [5, 5.41) is 3.29. The fourth-order valence-corrected chi connectivity index (χ4v) is 2.12. The van der Waals surface area contributed by atoms with Crippen molar-refractivity contribution in [2.45, 2.75) is 13.0 Å². The maximum absolute atomic E-state index is 11.3. The molecule has 1 atom stereocenters. The highest BCUT2D eigenvalue weighted by molar-refractivity contribution is 6.00. The van der Waals surface area contributed by atoms with Crippen LogP contribution in [0.4, 0.5) is 11.4 Å². The number of anilines is 2. The second-order valence-corrected chi connectivity index (χ2v) is 4.77. The monoisotopic (exact) mass is 285 g/mol. The molecule has 0 bridgehead atoms. The third-order valence-corrected chi connectivity index (χ3v) is 3.36. The predicted octanol–water partition coefficient (Wildman–Crippen LogP) is 2.55. The lowest BCUT2D eigenvalue weighted by Gasteiger charge is -2.18. The van der Waals surface area contributed by atoms with Crippen LogP contribution in [0.1, 0.15) is 28.9 Å². The minimum absolute atomic E-state index is 0.0290. The van der Waals surface area contributed by atoms with E-state index >= 15 is 0 Å². The number of nitrogens with two attached hydrogens (primary N) is 2. The van der Waals surface area contributed by atoms with Gasteiger partial charge in [-0.3, -0.25) is 4.79 Å². The number of methoxy groups -OCH3 is 1. The van der Waals surface area contributed by atoms with E-state index < -0.39 is 5.91 Å². The molecule has 0 saturated heterocycles. The molecule has 0 saturated carbocycles. The summed E-state index contributed by atoms with van der Waals surface area (Å²) in [7, 11) is 1.63. The molecule has 21 heavy (non-hydrogen) atoms. The van der Waals surface area contributed by atoms with Crippen molar-refractivity contribution in [2.24, 2.45) is 5.73 Å². The van der Waals surface area contributed by atoms with E-state index in [9.17, 15) is 4.79 Å². The number of nitrogen functional groups attached to an aromatic ring is 1. The van der Waals surface area contributed by atoms with Crippen LogP contribution in [0.2, 0.25) is 0 Å². The van der Waals surface area contributed by atoms with Gasteiger partial charge in [-0.15, -0.1) is 0 Å². The summed E-state index contributed by atoms with van der Waals surface area (Å²) in [6.07, 6.45) is 0. The smallest absolute Gasteiger partial charge is 0.250 e. The number of hydrogen-bond donors (Lipinski definition) is 3. The van der Waals surface area contributed by atoms with Gasteiger partial charge in [0.25, 0.3) is 5.91 Å². The summed E-state index contributed by atoms with van der Waals surface area (Å²) < 4.78 is 5.14. The maximum Gasteiger partial charge on any atom is 0.250 e. The molecular weight excluding hydrogens is 266 g/mol. The lowest BCUT2D eigenvalue weighted by molar-refractivity contribution is 0.100. The number of carbonyl (C=O) groups is 1. The number of ether oxygens (including phenoxy) is 1. The third kappa shape index (κ3) is 3.25. The molecule has 5 N–H and O–H groups in total. The molecule has 0 heterocycles. The summed E-state index contributed by atoms with van der Waals surface area (Å²) >= 11 is 0. The molecule has 0 aliphatic rings. The Morgan fingerprint density at radius 2 is 1.86 bits per heavy atom. The van der Waals surface area contributed by atoms with Gasteiger partial charge in [0, 0.05) is 6.04 Å². The Kier molecular flexibility index (Phi) is 4.33. The molecular formula is C16H19N3O2. The summed E-state index contributed by atoms with van der Waals surface area (Å²) in [5.74, 6) is 0.273. The average molecular weight is 285 g/mol. The fraction of sp³-hybridized carbons (Fsp3) is 0.188. The average Bonchev–Trinajstić information content (AvgIpc) is 2.49. The van der Waals surface area contributed by atoms with Gasteiger partial charge in [-0.1, -0.05) is 18.2 Å². The van der Waals surface area contributed by atoms with Gasteiger partial charge in [0.15, 0.2) is 0 Å². The highest BCUT2D eigenvalue weighted by Crippen LogP contribution is 2.27. The molecule has 5 heteroatoms.